The zero-order valence-electron chi connectivity index (χ0n) is 40.0. The molecule has 0 saturated heterocycles. The number of nitrogens with zero attached hydrogens (tertiary/aromatic N) is 2. The molecule has 0 saturated carbocycles. The molecule has 6 rings (SSSR count). The SMILES string of the molecule is CO[C@H]1/C=C/O[C@@]2(C)Oc3c(C)c(O)c4c(=O)c(c5oc6cc(OCC[N+](C)(C)C(C)C)ccc6nc-5c4c3C2=O)NC(=O)/C(C)=C\C=C\[C@H](C)[C@H](O)[C@@H](C)[C@@H](O)[C@@H](C)[C@H](OC(C)=O)[C@@H]1C. The number of nitrogens with one attached hydrogen (secondary N) is 1. The lowest BCUT2D eigenvalue weighted by atomic mass is 9.78. The number of aliphatic hydroxyl groups is 2. The highest BCUT2D eigenvalue weighted by atomic mass is 16.7. The van der Waals surface area contributed by atoms with Crippen LogP contribution in [0, 0.1) is 30.6 Å². The second-order valence-corrected chi connectivity index (χ2v) is 18.8. The molecule has 2 aromatic rings. The summed E-state index contributed by atoms with van der Waals surface area (Å²) in [6.07, 6.45) is 3.60. The van der Waals surface area contributed by atoms with Crippen LogP contribution in [0.5, 0.6) is 17.2 Å². The molecule has 4 bridgehead atoms. The quantitative estimate of drug-likeness (QED) is 0.0649. The predicted molar refractivity (Wildman–Crippen MR) is 249 cm³/mol. The number of phenolic OH excluding ortho intramolecular Hbond substituents is 1. The van der Waals surface area contributed by atoms with Crippen LogP contribution in [0.1, 0.15) is 78.2 Å². The third kappa shape index (κ3) is 9.41. The maximum atomic E-state index is 14.8. The fourth-order valence-electron chi connectivity index (χ4n) is 8.53. The Morgan fingerprint density at radius 1 is 1.00 bits per heavy atom. The van der Waals surface area contributed by atoms with Crippen molar-refractivity contribution in [2.75, 3.05) is 39.7 Å². The molecule has 4 aliphatic rings. The van der Waals surface area contributed by atoms with Crippen LogP contribution in [0.3, 0.4) is 0 Å². The number of carbonyl (C=O) groups excluding carboxylic acids is 3. The highest BCUT2D eigenvalue weighted by Gasteiger charge is 2.50. The van der Waals surface area contributed by atoms with Gasteiger partial charge in [0.15, 0.2) is 11.3 Å². The minimum Gasteiger partial charge on any atom is -0.507 e. The van der Waals surface area contributed by atoms with Gasteiger partial charge in [0.2, 0.25) is 5.43 Å². The number of quaternary nitrogens is 1. The molecule has 16 heteroatoms. The van der Waals surface area contributed by atoms with Gasteiger partial charge in [0.05, 0.1) is 55.7 Å². The molecular formula is C50H64N3O13+. The molecule has 2 aromatic carbocycles. The van der Waals surface area contributed by atoms with Gasteiger partial charge in [-0.15, -0.1) is 0 Å². The van der Waals surface area contributed by atoms with Gasteiger partial charge in [-0.25, -0.2) is 4.98 Å². The van der Waals surface area contributed by atoms with Crippen LogP contribution < -0.4 is 20.2 Å². The van der Waals surface area contributed by atoms with Gasteiger partial charge in [-0.1, -0.05) is 45.9 Å². The van der Waals surface area contributed by atoms with Gasteiger partial charge < -0.3 is 53.2 Å². The Balaban J connectivity index is 1.56. The number of hydrogen-bond donors (Lipinski definition) is 4. The zero-order chi connectivity index (χ0) is 48.7. The summed E-state index contributed by atoms with van der Waals surface area (Å²) in [6.45, 7) is 18.0. The topological polar surface area (TPSA) is 213 Å². The molecular weight excluding hydrogens is 851 g/mol. The summed E-state index contributed by atoms with van der Waals surface area (Å²) in [5.41, 5.74) is -0.544. The summed E-state index contributed by atoms with van der Waals surface area (Å²) >= 11 is 0. The first-order valence-electron chi connectivity index (χ1n) is 22.3. The number of ketones is 1. The first-order chi connectivity index (χ1) is 30.9. The standard InChI is InChI=1S/C50H63N3O13/c1-24(2)53(11,12)20-22-62-32-17-18-33-35(23-32)65-47-39(51-33)36-37-43(57)30(8)46-38(36)48(59)50(10,66-46)63-21-19-34(61-13)27(5)45(64-31(9)54)29(7)42(56)28(6)41(55)25(3)15-14-16-26(4)49(60)52-40(47)44(37)58/h14-19,21,23-25,27-29,34,41-42,45,55-56H,20,22H2,1-13H3,(H-,51,52,57,58,59,60)/p+1/b15-14+,21-19+,26-16-/t25-,27+,28+,29+,34-,41-,42+,45+,50-/m0/s1. The van der Waals surface area contributed by atoms with E-state index in [1.165, 1.54) is 53.2 Å². The molecule has 0 fully saturated rings. The van der Waals surface area contributed by atoms with Crippen molar-refractivity contribution in [3.63, 3.8) is 0 Å². The van der Waals surface area contributed by atoms with E-state index in [0.717, 1.165) is 11.0 Å². The molecule has 0 spiro atoms. The fourth-order valence-corrected chi connectivity index (χ4v) is 8.53. The maximum Gasteiger partial charge on any atom is 0.312 e. The second kappa shape index (κ2) is 19.2. The Labute approximate surface area is 384 Å². The van der Waals surface area contributed by atoms with Crippen molar-refractivity contribution in [1.29, 1.82) is 0 Å². The van der Waals surface area contributed by atoms with E-state index in [1.54, 1.807) is 58.0 Å². The number of phenols is 1. The number of aromatic hydroxyl groups is 1. The number of carbonyl (C=O) groups is 3. The lowest BCUT2D eigenvalue weighted by Crippen LogP contribution is -2.48. The van der Waals surface area contributed by atoms with E-state index < -0.39 is 82.7 Å². The molecule has 0 aromatic heterocycles. The van der Waals surface area contributed by atoms with Crippen LogP contribution in [0.25, 0.3) is 33.3 Å². The second-order valence-electron chi connectivity index (χ2n) is 18.8. The van der Waals surface area contributed by atoms with Gasteiger partial charge >= 0.3 is 11.8 Å². The van der Waals surface area contributed by atoms with E-state index in [9.17, 15) is 34.5 Å². The number of fused-ring (bicyclic) bond motifs is 2. The number of amides is 1. The lowest BCUT2D eigenvalue weighted by molar-refractivity contribution is -0.911. The van der Waals surface area contributed by atoms with Crippen molar-refractivity contribution in [2.24, 2.45) is 23.7 Å². The molecule has 16 nitrogen and oxygen atoms in total. The number of ether oxygens (including phenoxy) is 5. The van der Waals surface area contributed by atoms with Crippen LogP contribution in [-0.2, 0) is 23.8 Å². The summed E-state index contributed by atoms with van der Waals surface area (Å²) in [4.78, 5) is 60.8. The number of aliphatic hydroxyl groups excluding tert-OH is 2. The summed E-state index contributed by atoms with van der Waals surface area (Å²) in [5.74, 6) is -6.79. The molecule has 1 amide bonds. The van der Waals surface area contributed by atoms with E-state index in [2.05, 4.69) is 33.3 Å². The molecule has 356 valence electrons. The number of anilines is 1. The third-order valence-electron chi connectivity index (χ3n) is 13.6. The molecule has 1 aliphatic carbocycles. The first-order valence-corrected chi connectivity index (χ1v) is 22.3. The number of methoxy groups -OCH3 is 1. The molecule has 66 heavy (non-hydrogen) atoms. The molecule has 9 atom stereocenters. The number of likely N-dealkylation sites (N-methyl/N-ethyl adjacent to an activating group) is 1. The summed E-state index contributed by atoms with van der Waals surface area (Å²) < 4.78 is 37.2. The van der Waals surface area contributed by atoms with Crippen LogP contribution in [0.15, 0.2) is 63.6 Å². The van der Waals surface area contributed by atoms with Crippen molar-refractivity contribution in [3.05, 3.63) is 75.7 Å². The Kier molecular flexibility index (Phi) is 14.4. The van der Waals surface area contributed by atoms with Crippen LogP contribution in [0.2, 0.25) is 0 Å². The number of allylic oxidation sites excluding steroid dienone is 2. The molecule has 3 heterocycles. The van der Waals surface area contributed by atoms with Gasteiger partial charge in [0.25, 0.3) is 11.7 Å². The van der Waals surface area contributed by atoms with Gasteiger partial charge in [0, 0.05) is 67.2 Å². The number of aromatic nitrogens is 1. The molecule has 0 radical (unpaired) electrons. The van der Waals surface area contributed by atoms with Gasteiger partial charge in [-0.3, -0.25) is 19.2 Å². The Morgan fingerprint density at radius 2 is 1.70 bits per heavy atom. The maximum absolute atomic E-state index is 14.8. The van der Waals surface area contributed by atoms with Crippen molar-refractivity contribution in [1.82, 2.24) is 4.98 Å². The van der Waals surface area contributed by atoms with Crippen molar-refractivity contribution in [2.45, 2.75) is 105 Å². The average molecular weight is 915 g/mol. The van der Waals surface area contributed by atoms with Crippen molar-refractivity contribution < 1.29 is 62.3 Å². The average Bonchev–Trinajstić information content (AvgIpc) is 3.53. The largest absolute Gasteiger partial charge is 0.507 e. The number of Topliss-reactive ketones (excluding diaryl/α,β-unsaturated/α-hetero) is 1. The van der Waals surface area contributed by atoms with E-state index >= 15 is 0 Å². The van der Waals surface area contributed by atoms with E-state index in [1.807, 2.05) is 0 Å². The minimum atomic E-state index is -2.04. The van der Waals surface area contributed by atoms with Crippen molar-refractivity contribution >= 4 is 45.2 Å². The van der Waals surface area contributed by atoms with E-state index in [0.29, 0.717) is 23.9 Å². The van der Waals surface area contributed by atoms with Gasteiger partial charge in [-0.05, 0) is 45.9 Å². The smallest absolute Gasteiger partial charge is 0.312 e. The Morgan fingerprint density at radius 3 is 2.35 bits per heavy atom. The highest BCUT2D eigenvalue weighted by molar-refractivity contribution is 6.22. The lowest BCUT2D eigenvalue weighted by Gasteiger charge is -2.38. The van der Waals surface area contributed by atoms with Gasteiger partial charge in [0.1, 0.15) is 53.4 Å². The summed E-state index contributed by atoms with van der Waals surface area (Å²) in [6, 6.07) is 5.40. The molecule has 3 aliphatic heterocycles. The molecule has 4 N–H and O–H groups in total. The normalized spacial score (nSPS) is 28.5. The number of hydrogen-bond acceptors (Lipinski definition) is 14. The number of rotatable bonds is 7. The van der Waals surface area contributed by atoms with E-state index in [4.69, 9.17) is 33.1 Å². The Bertz CT molecular complexity index is 2650. The summed E-state index contributed by atoms with van der Waals surface area (Å²) in [5, 5.41) is 37.2. The third-order valence-corrected chi connectivity index (χ3v) is 13.6. The van der Waals surface area contributed by atoms with Crippen LogP contribution >= 0.6 is 0 Å². The van der Waals surface area contributed by atoms with Crippen LogP contribution in [0.4, 0.5) is 5.69 Å². The minimum absolute atomic E-state index is 0.0191. The number of benzene rings is 3. The van der Waals surface area contributed by atoms with Crippen LogP contribution in [-0.4, -0.2) is 113 Å². The predicted octanol–water partition coefficient (Wildman–Crippen LogP) is 6.81. The monoisotopic (exact) mass is 914 g/mol. The summed E-state index contributed by atoms with van der Waals surface area (Å²) in [7, 11) is 5.68. The van der Waals surface area contributed by atoms with E-state index in [-0.39, 0.29) is 55.9 Å². The first kappa shape index (κ1) is 49.6. The fraction of sp³-hybridized carbons (Fsp3) is 0.500. The Hall–Kier alpha value is -5.81. The van der Waals surface area contributed by atoms with Crippen molar-refractivity contribution in [3.8, 4) is 28.7 Å². The molecule has 0 unspecified atom stereocenters. The van der Waals surface area contributed by atoms with Gasteiger partial charge in [-0.2, -0.15) is 0 Å². The highest BCUT2D eigenvalue weighted by Crippen LogP contribution is 2.50. The zero-order valence-corrected chi connectivity index (χ0v) is 40.0. The number of esters is 1.